The van der Waals surface area contributed by atoms with Gasteiger partial charge in [-0.3, -0.25) is 4.90 Å². The van der Waals surface area contributed by atoms with Crippen molar-refractivity contribution in [2.75, 3.05) is 32.7 Å². The van der Waals surface area contributed by atoms with Crippen LogP contribution in [0.1, 0.15) is 44.3 Å². The van der Waals surface area contributed by atoms with Gasteiger partial charge in [-0.15, -0.1) is 0 Å². The highest BCUT2D eigenvalue weighted by molar-refractivity contribution is 5.79. The minimum Gasteiger partial charge on any atom is -0.468 e. The van der Waals surface area contributed by atoms with Crippen LogP contribution in [-0.4, -0.2) is 48.7 Å². The van der Waals surface area contributed by atoms with Crippen molar-refractivity contribution in [3.63, 3.8) is 0 Å². The number of hydrogen-bond donors (Lipinski definition) is 3. The first-order chi connectivity index (χ1) is 13.1. The van der Waals surface area contributed by atoms with Crippen molar-refractivity contribution in [1.82, 2.24) is 15.5 Å². The molecule has 2 atom stereocenters. The van der Waals surface area contributed by atoms with Crippen LogP contribution in [0.5, 0.6) is 0 Å². The van der Waals surface area contributed by atoms with Crippen LogP contribution < -0.4 is 10.6 Å². The van der Waals surface area contributed by atoms with Crippen molar-refractivity contribution in [3.8, 4) is 0 Å². The van der Waals surface area contributed by atoms with Gasteiger partial charge in [-0.05, 0) is 64.0 Å². The molecule has 0 radical (unpaired) electrons. The van der Waals surface area contributed by atoms with E-state index >= 15 is 0 Å². The summed E-state index contributed by atoms with van der Waals surface area (Å²) in [6.45, 7) is 7.50. The molecule has 1 saturated heterocycles. The Morgan fingerprint density at radius 1 is 1.22 bits per heavy atom. The normalized spacial score (nSPS) is 19.0. The van der Waals surface area contributed by atoms with E-state index in [1.54, 1.807) is 31.6 Å². The summed E-state index contributed by atoms with van der Waals surface area (Å²) in [5.74, 6) is 2.13. The zero-order valence-corrected chi connectivity index (χ0v) is 16.1. The first-order valence-electron chi connectivity index (χ1n) is 9.66. The number of furan rings is 2. The average molecular weight is 374 g/mol. The largest absolute Gasteiger partial charge is 0.468 e. The summed E-state index contributed by atoms with van der Waals surface area (Å²) in [4.78, 5) is 7.00. The third-order valence-corrected chi connectivity index (χ3v) is 4.86. The van der Waals surface area contributed by atoms with Gasteiger partial charge >= 0.3 is 0 Å². The molecular weight excluding hydrogens is 344 g/mol. The maximum Gasteiger partial charge on any atom is 0.191 e. The quantitative estimate of drug-likeness (QED) is 0.486. The van der Waals surface area contributed by atoms with Crippen LogP contribution >= 0.6 is 0 Å². The minimum absolute atomic E-state index is 0.164. The molecule has 1 aliphatic heterocycles. The van der Waals surface area contributed by atoms with Crippen LogP contribution in [0.4, 0.5) is 0 Å². The van der Waals surface area contributed by atoms with Gasteiger partial charge in [-0.1, -0.05) is 0 Å². The number of aliphatic imine (C=N–C) groups is 1. The Morgan fingerprint density at radius 3 is 2.59 bits per heavy atom. The van der Waals surface area contributed by atoms with Gasteiger partial charge in [-0.2, -0.15) is 0 Å². The van der Waals surface area contributed by atoms with E-state index in [-0.39, 0.29) is 12.6 Å². The summed E-state index contributed by atoms with van der Waals surface area (Å²) >= 11 is 0. The molecule has 0 spiro atoms. The molecule has 7 heteroatoms. The molecule has 3 heterocycles. The van der Waals surface area contributed by atoms with E-state index < -0.39 is 5.60 Å². The third-order valence-electron chi connectivity index (χ3n) is 4.86. The molecule has 0 aromatic carbocycles. The van der Waals surface area contributed by atoms with Gasteiger partial charge in [0, 0.05) is 13.1 Å². The first-order valence-corrected chi connectivity index (χ1v) is 9.66. The topological polar surface area (TPSA) is 86.2 Å². The fourth-order valence-corrected chi connectivity index (χ4v) is 3.37. The fraction of sp³-hybridized carbons (Fsp3) is 0.550. The summed E-state index contributed by atoms with van der Waals surface area (Å²) in [5, 5.41) is 17.3. The molecule has 27 heavy (non-hydrogen) atoms. The van der Waals surface area contributed by atoms with Crippen molar-refractivity contribution in [1.29, 1.82) is 0 Å². The maximum atomic E-state index is 10.6. The predicted molar refractivity (Wildman–Crippen MR) is 105 cm³/mol. The van der Waals surface area contributed by atoms with Gasteiger partial charge in [-0.25, -0.2) is 4.99 Å². The molecule has 2 aromatic rings. The van der Waals surface area contributed by atoms with Crippen molar-refractivity contribution in [2.45, 2.75) is 38.3 Å². The third kappa shape index (κ3) is 5.14. The maximum absolute atomic E-state index is 10.6. The van der Waals surface area contributed by atoms with Gasteiger partial charge < -0.3 is 24.6 Å². The van der Waals surface area contributed by atoms with Crippen molar-refractivity contribution >= 4 is 5.96 Å². The average Bonchev–Trinajstić information content (AvgIpc) is 3.43. The number of likely N-dealkylation sites (tertiary alicyclic amines) is 1. The number of guanidine groups is 1. The lowest BCUT2D eigenvalue weighted by Gasteiger charge is -2.27. The zero-order valence-electron chi connectivity index (χ0n) is 16.1. The summed E-state index contributed by atoms with van der Waals surface area (Å²) in [6.07, 6.45) is 5.72. The standard InChI is InChI=1S/C20H30N4O3/c1-3-21-19(23-15-20(2,25)18-9-7-13-27-18)22-14-16(17-8-6-12-26-17)24-10-4-5-11-24/h6-9,12-13,16,25H,3-5,10-11,14-15H2,1-2H3,(H2,21,22,23). The molecule has 0 aliphatic carbocycles. The summed E-state index contributed by atoms with van der Waals surface area (Å²) in [6, 6.07) is 7.64. The summed E-state index contributed by atoms with van der Waals surface area (Å²) < 4.78 is 11.0. The lowest BCUT2D eigenvalue weighted by atomic mass is 10.0. The van der Waals surface area contributed by atoms with E-state index in [0.29, 0.717) is 18.3 Å². The molecule has 0 saturated carbocycles. The van der Waals surface area contributed by atoms with E-state index in [2.05, 4.69) is 20.5 Å². The van der Waals surface area contributed by atoms with E-state index in [1.165, 1.54) is 12.8 Å². The lowest BCUT2D eigenvalue weighted by Crippen LogP contribution is -2.43. The number of nitrogens with zero attached hydrogens (tertiary/aromatic N) is 2. The Balaban J connectivity index is 1.65. The number of rotatable bonds is 8. The minimum atomic E-state index is -1.15. The van der Waals surface area contributed by atoms with Gasteiger partial charge in [0.25, 0.3) is 0 Å². The second kappa shape index (κ2) is 9.10. The Labute approximate surface area is 160 Å². The first kappa shape index (κ1) is 19.5. The molecule has 1 fully saturated rings. The summed E-state index contributed by atoms with van der Waals surface area (Å²) in [7, 11) is 0. The van der Waals surface area contributed by atoms with E-state index in [1.807, 2.05) is 19.1 Å². The number of hydrogen-bond acceptors (Lipinski definition) is 5. The van der Waals surface area contributed by atoms with Crippen LogP contribution in [0.2, 0.25) is 0 Å². The Bertz CT molecular complexity index is 689. The molecule has 1 aliphatic rings. The molecule has 3 N–H and O–H groups in total. The van der Waals surface area contributed by atoms with Gasteiger partial charge in [0.1, 0.15) is 17.1 Å². The molecular formula is C20H30N4O3. The molecule has 7 nitrogen and oxygen atoms in total. The Morgan fingerprint density at radius 2 is 1.96 bits per heavy atom. The smallest absolute Gasteiger partial charge is 0.191 e. The molecule has 2 aromatic heterocycles. The highest BCUT2D eigenvalue weighted by Crippen LogP contribution is 2.25. The second-order valence-corrected chi connectivity index (χ2v) is 7.10. The lowest BCUT2D eigenvalue weighted by molar-refractivity contribution is 0.0437. The second-order valence-electron chi connectivity index (χ2n) is 7.10. The molecule has 2 unspecified atom stereocenters. The Kier molecular flexibility index (Phi) is 6.58. The van der Waals surface area contributed by atoms with Crippen LogP contribution in [0, 0.1) is 0 Å². The van der Waals surface area contributed by atoms with E-state index in [9.17, 15) is 5.11 Å². The van der Waals surface area contributed by atoms with Gasteiger partial charge in [0.2, 0.25) is 0 Å². The zero-order chi connectivity index (χ0) is 19.1. The van der Waals surface area contributed by atoms with Crippen molar-refractivity contribution in [2.24, 2.45) is 4.99 Å². The fourth-order valence-electron chi connectivity index (χ4n) is 3.37. The molecule has 148 valence electrons. The van der Waals surface area contributed by atoms with Crippen LogP contribution in [0.3, 0.4) is 0 Å². The van der Waals surface area contributed by atoms with Gasteiger partial charge in [0.05, 0.1) is 25.1 Å². The highest BCUT2D eigenvalue weighted by Gasteiger charge is 2.27. The van der Waals surface area contributed by atoms with Crippen molar-refractivity contribution < 1.29 is 13.9 Å². The van der Waals surface area contributed by atoms with Gasteiger partial charge in [0.15, 0.2) is 5.96 Å². The van der Waals surface area contributed by atoms with E-state index in [0.717, 1.165) is 25.4 Å². The predicted octanol–water partition coefficient (Wildman–Crippen LogP) is 2.47. The van der Waals surface area contributed by atoms with Crippen LogP contribution in [0.15, 0.2) is 50.6 Å². The summed E-state index contributed by atoms with van der Waals surface area (Å²) in [5.41, 5.74) is -1.15. The number of nitrogens with one attached hydrogen (secondary N) is 2. The monoisotopic (exact) mass is 374 g/mol. The number of aliphatic hydroxyl groups is 1. The Hall–Kier alpha value is -2.25. The SMILES string of the molecule is CCNC(=NCC(C)(O)c1ccco1)NCC(c1ccco1)N1CCCC1. The molecule has 3 rings (SSSR count). The van der Waals surface area contributed by atoms with Crippen molar-refractivity contribution in [3.05, 3.63) is 48.3 Å². The van der Waals surface area contributed by atoms with Crippen LogP contribution in [-0.2, 0) is 5.60 Å². The van der Waals surface area contributed by atoms with E-state index in [4.69, 9.17) is 8.83 Å². The van der Waals surface area contributed by atoms with Crippen LogP contribution in [0.25, 0.3) is 0 Å². The molecule has 0 bridgehead atoms. The highest BCUT2D eigenvalue weighted by atomic mass is 16.4. The molecule has 0 amide bonds.